The minimum absolute atomic E-state index is 0.194. The van der Waals surface area contributed by atoms with Crippen LogP contribution >= 0.6 is 11.8 Å². The van der Waals surface area contributed by atoms with Crippen LogP contribution in [0.4, 0.5) is 0 Å². The smallest absolute Gasteiger partial charge is 0.222 e. The molecule has 0 saturated heterocycles. The molecule has 2 atom stereocenters. The molecule has 0 radical (unpaired) electrons. The number of hydrogen-bond acceptors (Lipinski definition) is 4. The summed E-state index contributed by atoms with van der Waals surface area (Å²) in [7, 11) is 3.61. The molecule has 1 heterocycles. The maximum Gasteiger partial charge on any atom is 0.222 e. The molecule has 0 unspecified atom stereocenters. The lowest BCUT2D eigenvalue weighted by molar-refractivity contribution is -0.128. The Bertz CT molecular complexity index is 500. The number of carbonyl (C=O) groups excluding carboxylic acids is 1. The van der Waals surface area contributed by atoms with Gasteiger partial charge < -0.3 is 9.47 Å². The van der Waals surface area contributed by atoms with Crippen LogP contribution < -0.4 is 0 Å². The van der Waals surface area contributed by atoms with Crippen LogP contribution in [0.1, 0.15) is 57.3 Å². The lowest BCUT2D eigenvalue weighted by Gasteiger charge is -2.29. The van der Waals surface area contributed by atoms with E-state index >= 15 is 0 Å². The van der Waals surface area contributed by atoms with E-state index in [0.717, 1.165) is 29.1 Å². The van der Waals surface area contributed by atoms with Gasteiger partial charge in [0.2, 0.25) is 5.91 Å². The third-order valence-electron chi connectivity index (χ3n) is 4.37. The van der Waals surface area contributed by atoms with E-state index in [1.54, 1.807) is 30.8 Å². The molecular weight excluding hydrogens is 296 g/mol. The number of thioether (sulfide) groups is 1. The van der Waals surface area contributed by atoms with Gasteiger partial charge in [0, 0.05) is 32.3 Å². The lowest BCUT2D eigenvalue weighted by Crippen LogP contribution is -2.21. The first-order valence-corrected chi connectivity index (χ1v) is 9.22. The van der Waals surface area contributed by atoms with Crippen molar-refractivity contribution in [3.63, 3.8) is 0 Å². The maximum absolute atomic E-state index is 11.6. The van der Waals surface area contributed by atoms with Gasteiger partial charge in [-0.05, 0) is 32.1 Å². The quantitative estimate of drug-likeness (QED) is 0.595. The average molecular weight is 324 g/mol. The van der Waals surface area contributed by atoms with Crippen molar-refractivity contribution < 1.29 is 4.79 Å². The summed E-state index contributed by atoms with van der Waals surface area (Å²) in [5, 5.41) is 9.65. The van der Waals surface area contributed by atoms with Crippen molar-refractivity contribution in [2.24, 2.45) is 5.92 Å². The van der Waals surface area contributed by atoms with E-state index < -0.39 is 0 Å². The molecule has 0 N–H and O–H groups in total. The van der Waals surface area contributed by atoms with E-state index in [2.05, 4.69) is 21.7 Å². The van der Waals surface area contributed by atoms with Gasteiger partial charge in [0.15, 0.2) is 5.16 Å². The molecule has 2 rings (SSSR count). The minimum Gasteiger partial charge on any atom is -0.349 e. The molecule has 1 aromatic rings. The summed E-state index contributed by atoms with van der Waals surface area (Å²) in [5.41, 5.74) is 0. The molecule has 0 aromatic carbocycles. The molecule has 1 amide bonds. The molecule has 1 fully saturated rings. The van der Waals surface area contributed by atoms with E-state index in [1.807, 2.05) is 6.92 Å². The van der Waals surface area contributed by atoms with E-state index in [9.17, 15) is 4.79 Å². The second-order valence-corrected chi connectivity index (χ2v) is 7.63. The Hall–Kier alpha value is -1.04. The zero-order valence-electron chi connectivity index (χ0n) is 14.2. The van der Waals surface area contributed by atoms with Gasteiger partial charge in [0.1, 0.15) is 5.82 Å². The Labute approximate surface area is 137 Å². The van der Waals surface area contributed by atoms with Crippen molar-refractivity contribution in [2.75, 3.05) is 19.8 Å². The fourth-order valence-corrected chi connectivity index (χ4v) is 4.11. The monoisotopic (exact) mass is 324 g/mol. The fraction of sp³-hybridized carbons (Fsp3) is 0.812. The number of rotatable bonds is 6. The zero-order valence-corrected chi connectivity index (χ0v) is 15.0. The van der Waals surface area contributed by atoms with Gasteiger partial charge in [0.25, 0.3) is 0 Å². The second kappa shape index (κ2) is 7.99. The first kappa shape index (κ1) is 17.3. The van der Waals surface area contributed by atoms with Crippen molar-refractivity contribution in [3.8, 4) is 0 Å². The highest BCUT2D eigenvalue weighted by Gasteiger charge is 2.24. The Morgan fingerprint density at radius 1 is 1.36 bits per heavy atom. The number of hydrogen-bond donors (Lipinski definition) is 0. The average Bonchev–Trinajstić information content (AvgIpc) is 2.84. The third kappa shape index (κ3) is 4.48. The summed E-state index contributed by atoms with van der Waals surface area (Å²) in [6.45, 7) is 4.39. The van der Waals surface area contributed by atoms with E-state index in [1.165, 1.54) is 25.7 Å². The van der Waals surface area contributed by atoms with Crippen LogP contribution in [0.3, 0.4) is 0 Å². The number of aryl methyl sites for hydroxylation is 1. The van der Waals surface area contributed by atoms with Gasteiger partial charge in [0.05, 0.1) is 0 Å². The van der Waals surface area contributed by atoms with Crippen molar-refractivity contribution in [3.05, 3.63) is 5.82 Å². The molecule has 0 bridgehead atoms. The molecule has 6 heteroatoms. The van der Waals surface area contributed by atoms with Crippen molar-refractivity contribution in [1.29, 1.82) is 0 Å². The van der Waals surface area contributed by atoms with Crippen LogP contribution in [0, 0.1) is 12.8 Å². The molecule has 1 aliphatic rings. The molecular formula is C16H28N4OS. The Kier molecular flexibility index (Phi) is 6.29. The van der Waals surface area contributed by atoms with Gasteiger partial charge in [-0.3, -0.25) is 4.79 Å². The topological polar surface area (TPSA) is 51.0 Å². The standard InChI is InChI=1S/C16H28N4OS/c1-12-7-5-8-14(11-12)20-13(2)17-18-16(20)22-10-6-9-15(21)19(3)4/h12,14H,5-11H2,1-4H3/t12-,14+/m0/s1. The minimum atomic E-state index is 0.194. The molecule has 22 heavy (non-hydrogen) atoms. The summed E-state index contributed by atoms with van der Waals surface area (Å²) in [5.74, 6) is 2.92. The molecule has 124 valence electrons. The number of amides is 1. The predicted molar refractivity (Wildman–Crippen MR) is 90.1 cm³/mol. The molecule has 0 aliphatic heterocycles. The highest BCUT2D eigenvalue weighted by atomic mass is 32.2. The predicted octanol–water partition coefficient (Wildman–Crippen LogP) is 3.30. The summed E-state index contributed by atoms with van der Waals surface area (Å²) in [4.78, 5) is 13.2. The molecule has 1 saturated carbocycles. The van der Waals surface area contributed by atoms with Gasteiger partial charge in [-0.2, -0.15) is 0 Å². The summed E-state index contributed by atoms with van der Waals surface area (Å²) < 4.78 is 2.33. The first-order valence-electron chi connectivity index (χ1n) is 8.23. The van der Waals surface area contributed by atoms with E-state index in [4.69, 9.17) is 0 Å². The van der Waals surface area contributed by atoms with Gasteiger partial charge in [-0.15, -0.1) is 10.2 Å². The van der Waals surface area contributed by atoms with Gasteiger partial charge in [-0.25, -0.2) is 0 Å². The summed E-state index contributed by atoms with van der Waals surface area (Å²) >= 11 is 1.74. The highest BCUT2D eigenvalue weighted by Crippen LogP contribution is 2.35. The highest BCUT2D eigenvalue weighted by molar-refractivity contribution is 7.99. The van der Waals surface area contributed by atoms with Gasteiger partial charge >= 0.3 is 0 Å². The Morgan fingerprint density at radius 3 is 2.82 bits per heavy atom. The number of carbonyl (C=O) groups is 1. The normalized spacial score (nSPS) is 21.8. The van der Waals surface area contributed by atoms with E-state index in [-0.39, 0.29) is 5.91 Å². The fourth-order valence-electron chi connectivity index (χ4n) is 3.12. The molecule has 0 spiro atoms. The first-order chi connectivity index (χ1) is 10.5. The molecule has 1 aromatic heterocycles. The Balaban J connectivity index is 1.90. The van der Waals surface area contributed by atoms with Crippen molar-refractivity contribution in [1.82, 2.24) is 19.7 Å². The largest absolute Gasteiger partial charge is 0.349 e. The van der Waals surface area contributed by atoms with Crippen LogP contribution in [0.2, 0.25) is 0 Å². The van der Waals surface area contributed by atoms with Crippen LogP contribution in [-0.4, -0.2) is 45.4 Å². The van der Waals surface area contributed by atoms with Crippen LogP contribution in [0.5, 0.6) is 0 Å². The Morgan fingerprint density at radius 2 is 2.14 bits per heavy atom. The van der Waals surface area contributed by atoms with Crippen molar-refractivity contribution >= 4 is 17.7 Å². The van der Waals surface area contributed by atoms with Crippen molar-refractivity contribution in [2.45, 2.75) is 63.6 Å². The maximum atomic E-state index is 11.6. The van der Waals surface area contributed by atoms with Crippen LogP contribution in [-0.2, 0) is 4.79 Å². The lowest BCUT2D eigenvalue weighted by atomic mass is 9.87. The third-order valence-corrected chi connectivity index (χ3v) is 5.40. The van der Waals surface area contributed by atoms with Crippen LogP contribution in [0.15, 0.2) is 5.16 Å². The number of nitrogens with zero attached hydrogens (tertiary/aromatic N) is 4. The second-order valence-electron chi connectivity index (χ2n) is 6.57. The number of aromatic nitrogens is 3. The van der Waals surface area contributed by atoms with Crippen LogP contribution in [0.25, 0.3) is 0 Å². The summed E-state index contributed by atoms with van der Waals surface area (Å²) in [6.07, 6.45) is 6.58. The molecule has 1 aliphatic carbocycles. The SMILES string of the molecule is Cc1nnc(SCCCC(=O)N(C)C)n1[C@@H]1CCC[C@H](C)C1. The van der Waals surface area contributed by atoms with E-state index in [0.29, 0.717) is 12.5 Å². The summed E-state index contributed by atoms with van der Waals surface area (Å²) in [6, 6.07) is 0.546. The zero-order chi connectivity index (χ0) is 16.1. The van der Waals surface area contributed by atoms with Gasteiger partial charge in [-0.1, -0.05) is 31.5 Å². The molecule has 5 nitrogen and oxygen atoms in total.